The van der Waals surface area contributed by atoms with Gasteiger partial charge in [-0.1, -0.05) is 12.1 Å². The number of benzene rings is 1. The number of aromatic nitrogens is 2. The maximum absolute atomic E-state index is 13.5. The second-order valence-corrected chi connectivity index (χ2v) is 8.33. The van der Waals surface area contributed by atoms with Crippen LogP contribution in [0, 0.1) is 5.82 Å². The molecule has 0 spiro atoms. The first-order chi connectivity index (χ1) is 17.8. The lowest BCUT2D eigenvalue weighted by molar-refractivity contribution is -0.128. The number of pyridine rings is 2. The fourth-order valence-electron chi connectivity index (χ4n) is 4.12. The van der Waals surface area contributed by atoms with E-state index in [0.717, 1.165) is 10.1 Å². The van der Waals surface area contributed by atoms with E-state index in [-0.39, 0.29) is 47.9 Å². The first-order valence-electron chi connectivity index (χ1n) is 11.8. The van der Waals surface area contributed by atoms with Crippen LogP contribution in [0.4, 0.5) is 4.39 Å². The highest BCUT2D eigenvalue weighted by molar-refractivity contribution is 6.04. The molecule has 2 N–H and O–H groups in total. The van der Waals surface area contributed by atoms with E-state index in [1.54, 1.807) is 12.1 Å². The molecule has 0 saturated carbocycles. The summed E-state index contributed by atoms with van der Waals surface area (Å²) in [5.41, 5.74) is -0.0366. The molecule has 0 radical (unpaired) electrons. The molecule has 0 saturated heterocycles. The summed E-state index contributed by atoms with van der Waals surface area (Å²) in [4.78, 5) is 45.3. The lowest BCUT2D eigenvalue weighted by atomic mass is 10.0. The van der Waals surface area contributed by atoms with Crippen molar-refractivity contribution in [2.24, 2.45) is 0 Å². The fraction of sp³-hybridized carbons (Fsp3) is 0.308. The number of rotatable bonds is 9. The molecule has 1 aromatic carbocycles. The van der Waals surface area contributed by atoms with Crippen LogP contribution in [0.1, 0.15) is 35.3 Å². The summed E-state index contributed by atoms with van der Waals surface area (Å²) in [5.74, 6) is -2.21. The molecule has 194 valence electrons. The summed E-state index contributed by atoms with van der Waals surface area (Å²) in [6.45, 7) is 4.78. The molecular formula is C26H27FN4O6. The molecule has 3 aromatic rings. The van der Waals surface area contributed by atoms with E-state index < -0.39 is 28.7 Å². The molecular weight excluding hydrogens is 483 g/mol. The maximum Gasteiger partial charge on any atom is 0.291 e. The Morgan fingerprint density at radius 1 is 1.22 bits per heavy atom. The zero-order chi connectivity index (χ0) is 26.7. The van der Waals surface area contributed by atoms with Gasteiger partial charge in [0.15, 0.2) is 11.5 Å². The smallest absolute Gasteiger partial charge is 0.291 e. The van der Waals surface area contributed by atoms with Gasteiger partial charge in [0.05, 0.1) is 12.8 Å². The molecule has 1 aliphatic rings. The van der Waals surface area contributed by atoms with Gasteiger partial charge in [0, 0.05) is 44.9 Å². The molecule has 0 aliphatic carbocycles. The van der Waals surface area contributed by atoms with Crippen molar-refractivity contribution in [3.63, 3.8) is 0 Å². The second-order valence-electron chi connectivity index (χ2n) is 8.33. The largest absolute Gasteiger partial charge is 0.505 e. The van der Waals surface area contributed by atoms with E-state index in [0.29, 0.717) is 18.7 Å². The number of likely N-dealkylation sites (N-methyl/N-ethyl adjacent to an activating group) is 1. The predicted molar refractivity (Wildman–Crippen MR) is 134 cm³/mol. The summed E-state index contributed by atoms with van der Waals surface area (Å²) in [7, 11) is 1.47. The number of methoxy groups -OCH3 is 1. The van der Waals surface area contributed by atoms with E-state index in [4.69, 9.17) is 9.47 Å². The van der Waals surface area contributed by atoms with Crippen LogP contribution in [0.5, 0.6) is 11.5 Å². The van der Waals surface area contributed by atoms with Crippen LogP contribution in [0.2, 0.25) is 0 Å². The first-order valence-corrected chi connectivity index (χ1v) is 11.8. The van der Waals surface area contributed by atoms with Gasteiger partial charge in [0.2, 0.25) is 5.76 Å². The van der Waals surface area contributed by atoms with Crippen molar-refractivity contribution >= 4 is 29.0 Å². The minimum Gasteiger partial charge on any atom is -0.505 e. The molecule has 2 aromatic heterocycles. The normalized spacial score (nSPS) is 12.2. The summed E-state index contributed by atoms with van der Waals surface area (Å²) in [6.07, 6.45) is 2.90. The molecule has 4 rings (SSSR count). The number of ether oxygens (including phenoxy) is 2. The average Bonchev–Trinajstić information content (AvgIpc) is 2.89. The van der Waals surface area contributed by atoms with Crippen molar-refractivity contribution in [2.45, 2.75) is 20.3 Å². The van der Waals surface area contributed by atoms with Gasteiger partial charge >= 0.3 is 0 Å². The number of aromatic hydroxyl groups is 1. The topological polar surface area (TPSA) is 123 Å². The van der Waals surface area contributed by atoms with Crippen LogP contribution < -0.4 is 15.6 Å². The van der Waals surface area contributed by atoms with E-state index in [2.05, 4.69) is 10.3 Å². The minimum atomic E-state index is -0.838. The molecule has 1 aliphatic heterocycles. The number of carbonyl (C=O) groups is 2. The van der Waals surface area contributed by atoms with Gasteiger partial charge in [0.25, 0.3) is 17.4 Å². The standard InChI is InChI=1S/C26H27FN4O6/c1-4-30(5-2)25(34)18-14-31-21-20(22(32)19(26(31)35)24(33)28-10-11-36-3)29-13-16(23(21)37-18)12-15-6-8-17(27)9-7-15/h6-9,13-14,32H,4-5,10-12H2,1-3H3,(H,28,33). The van der Waals surface area contributed by atoms with Gasteiger partial charge in [-0.25, -0.2) is 4.39 Å². The number of hydrogen-bond donors (Lipinski definition) is 2. The van der Waals surface area contributed by atoms with Crippen LogP contribution in [0.15, 0.2) is 41.0 Å². The number of halogens is 1. The average molecular weight is 511 g/mol. The fourth-order valence-corrected chi connectivity index (χ4v) is 4.12. The van der Waals surface area contributed by atoms with Crippen molar-refractivity contribution in [2.75, 3.05) is 33.4 Å². The number of carbonyl (C=O) groups excluding carboxylic acids is 2. The van der Waals surface area contributed by atoms with Gasteiger partial charge < -0.3 is 24.8 Å². The van der Waals surface area contributed by atoms with E-state index in [1.807, 2.05) is 13.8 Å². The molecule has 2 amide bonds. The van der Waals surface area contributed by atoms with Gasteiger partial charge in [-0.3, -0.25) is 23.9 Å². The van der Waals surface area contributed by atoms with Gasteiger partial charge in [-0.2, -0.15) is 0 Å². The third kappa shape index (κ3) is 4.90. The van der Waals surface area contributed by atoms with Gasteiger partial charge in [-0.05, 0) is 31.5 Å². The molecule has 11 heteroatoms. The Labute approximate surface area is 211 Å². The highest BCUT2D eigenvalue weighted by Gasteiger charge is 2.31. The summed E-state index contributed by atoms with van der Waals surface area (Å²) >= 11 is 0. The second kappa shape index (κ2) is 10.8. The maximum atomic E-state index is 13.5. The Bertz CT molecular complexity index is 1440. The Kier molecular flexibility index (Phi) is 7.53. The zero-order valence-electron chi connectivity index (χ0n) is 20.7. The van der Waals surface area contributed by atoms with Crippen molar-refractivity contribution in [1.29, 1.82) is 0 Å². The highest BCUT2D eigenvalue weighted by Crippen LogP contribution is 2.38. The van der Waals surface area contributed by atoms with E-state index >= 15 is 0 Å². The van der Waals surface area contributed by atoms with Crippen LogP contribution >= 0.6 is 0 Å². The monoisotopic (exact) mass is 510 g/mol. The molecule has 10 nitrogen and oxygen atoms in total. The Balaban J connectivity index is 1.92. The van der Waals surface area contributed by atoms with Crippen molar-refractivity contribution in [3.05, 3.63) is 69.1 Å². The van der Waals surface area contributed by atoms with E-state index in [9.17, 15) is 23.9 Å². The number of amides is 2. The van der Waals surface area contributed by atoms with Crippen molar-refractivity contribution in [3.8, 4) is 11.5 Å². The third-order valence-electron chi connectivity index (χ3n) is 6.06. The summed E-state index contributed by atoms with van der Waals surface area (Å²) in [5, 5.41) is 13.4. The lowest BCUT2D eigenvalue weighted by Gasteiger charge is -2.26. The molecule has 0 unspecified atom stereocenters. The van der Waals surface area contributed by atoms with Crippen LogP contribution in [-0.2, 0) is 16.0 Å². The van der Waals surface area contributed by atoms with Crippen LogP contribution in [0.25, 0.3) is 17.2 Å². The number of nitrogens with one attached hydrogen (secondary N) is 1. The third-order valence-corrected chi connectivity index (χ3v) is 6.06. The SMILES string of the molecule is CCN(CC)C(=O)C1=Cn2c(=O)c(C(=O)NCCOC)c(O)c3ncc(Cc4ccc(F)cc4)c(c32)O1. The quantitative estimate of drug-likeness (QED) is 0.424. The van der Waals surface area contributed by atoms with Gasteiger partial charge in [0.1, 0.15) is 22.4 Å². The molecule has 3 heterocycles. The van der Waals surface area contributed by atoms with Gasteiger partial charge in [-0.15, -0.1) is 0 Å². The summed E-state index contributed by atoms with van der Waals surface area (Å²) in [6, 6.07) is 5.85. The molecule has 37 heavy (non-hydrogen) atoms. The molecule has 0 bridgehead atoms. The predicted octanol–water partition coefficient (Wildman–Crippen LogP) is 2.27. The van der Waals surface area contributed by atoms with Crippen molar-refractivity contribution < 1.29 is 28.6 Å². The van der Waals surface area contributed by atoms with E-state index in [1.165, 1.54) is 36.5 Å². The summed E-state index contributed by atoms with van der Waals surface area (Å²) < 4.78 is 25.5. The highest BCUT2D eigenvalue weighted by atomic mass is 19.1. The Morgan fingerprint density at radius 2 is 1.92 bits per heavy atom. The Morgan fingerprint density at radius 3 is 2.57 bits per heavy atom. The van der Waals surface area contributed by atoms with Crippen LogP contribution in [0.3, 0.4) is 0 Å². The van der Waals surface area contributed by atoms with Crippen LogP contribution in [-0.4, -0.2) is 64.7 Å². The lowest BCUT2D eigenvalue weighted by Crippen LogP contribution is -2.37. The molecule has 0 fully saturated rings. The number of hydrogen-bond acceptors (Lipinski definition) is 7. The zero-order valence-corrected chi connectivity index (χ0v) is 20.7. The molecule has 0 atom stereocenters. The van der Waals surface area contributed by atoms with Crippen molar-refractivity contribution in [1.82, 2.24) is 19.8 Å². The number of nitrogens with zero attached hydrogens (tertiary/aromatic N) is 3. The minimum absolute atomic E-state index is 0.0417. The first kappa shape index (κ1) is 25.8. The Hall–Kier alpha value is -4.25.